The maximum absolute atomic E-state index is 12.4. The Morgan fingerprint density at radius 1 is 1.35 bits per heavy atom. The first kappa shape index (κ1) is 18.8. The summed E-state index contributed by atoms with van der Waals surface area (Å²) in [6.07, 6.45) is 0. The Morgan fingerprint density at radius 2 is 2.08 bits per heavy atom. The third-order valence-corrected chi connectivity index (χ3v) is 5.01. The zero-order valence-corrected chi connectivity index (χ0v) is 16.1. The van der Waals surface area contributed by atoms with Gasteiger partial charge in [-0.25, -0.2) is 4.98 Å². The topological polar surface area (TPSA) is 63.7 Å². The van der Waals surface area contributed by atoms with Gasteiger partial charge in [0.2, 0.25) is 0 Å². The van der Waals surface area contributed by atoms with E-state index >= 15 is 0 Å². The first-order chi connectivity index (χ1) is 12.6. The van der Waals surface area contributed by atoms with Crippen molar-refractivity contribution in [2.75, 3.05) is 32.8 Å². The second-order valence-corrected chi connectivity index (χ2v) is 7.52. The molecule has 1 N–H and O–H groups in total. The second-order valence-electron chi connectivity index (χ2n) is 6.46. The minimum Gasteiger partial charge on any atom is -0.487 e. The average molecular weight is 375 g/mol. The van der Waals surface area contributed by atoms with Crippen LogP contribution in [0.4, 0.5) is 0 Å². The van der Waals surface area contributed by atoms with Crippen molar-refractivity contribution >= 4 is 17.2 Å². The number of aromatic nitrogens is 1. The zero-order chi connectivity index (χ0) is 18.4. The van der Waals surface area contributed by atoms with Gasteiger partial charge in [-0.2, -0.15) is 0 Å². The molecule has 7 heteroatoms. The molecule has 0 spiro atoms. The number of benzene rings is 1. The summed E-state index contributed by atoms with van der Waals surface area (Å²) in [5.74, 6) is 0.668. The van der Waals surface area contributed by atoms with Crippen LogP contribution in [-0.2, 0) is 11.3 Å². The van der Waals surface area contributed by atoms with Gasteiger partial charge in [-0.1, -0.05) is 0 Å². The molecule has 3 rings (SSSR count). The third-order valence-electron chi connectivity index (χ3n) is 4.18. The summed E-state index contributed by atoms with van der Waals surface area (Å²) in [5.41, 5.74) is 1.56. The van der Waals surface area contributed by atoms with E-state index < -0.39 is 0 Å². The van der Waals surface area contributed by atoms with Crippen LogP contribution in [0, 0.1) is 6.92 Å². The number of thiazole rings is 1. The summed E-state index contributed by atoms with van der Waals surface area (Å²) >= 11 is 1.61. The van der Waals surface area contributed by atoms with E-state index in [2.05, 4.69) is 15.2 Å². The van der Waals surface area contributed by atoms with E-state index in [0.29, 0.717) is 12.2 Å². The second kappa shape index (κ2) is 9.12. The molecule has 26 heavy (non-hydrogen) atoms. The molecule has 0 aliphatic carbocycles. The molecule has 2 aromatic rings. The molecular weight excluding hydrogens is 350 g/mol. The predicted molar refractivity (Wildman–Crippen MR) is 102 cm³/mol. The smallest absolute Gasteiger partial charge is 0.251 e. The highest BCUT2D eigenvalue weighted by Gasteiger charge is 2.16. The minimum absolute atomic E-state index is 0.0626. The Morgan fingerprint density at radius 3 is 2.73 bits per heavy atom. The highest BCUT2D eigenvalue weighted by atomic mass is 32.1. The zero-order valence-electron chi connectivity index (χ0n) is 15.2. The fraction of sp³-hybridized carbons (Fsp3) is 0.474. The van der Waals surface area contributed by atoms with Crippen LogP contribution in [0.3, 0.4) is 0 Å². The molecule has 6 nitrogen and oxygen atoms in total. The summed E-state index contributed by atoms with van der Waals surface area (Å²) < 4.78 is 11.1. The summed E-state index contributed by atoms with van der Waals surface area (Å²) in [4.78, 5) is 19.1. The lowest BCUT2D eigenvalue weighted by Gasteiger charge is -2.29. The molecule has 0 saturated carbocycles. The Hall–Kier alpha value is -1.96. The van der Waals surface area contributed by atoms with Crippen molar-refractivity contribution < 1.29 is 14.3 Å². The Kier molecular flexibility index (Phi) is 6.60. The van der Waals surface area contributed by atoms with Crippen LogP contribution in [0.15, 0.2) is 29.6 Å². The number of carbonyl (C=O) groups excluding carboxylic acids is 1. The van der Waals surface area contributed by atoms with Crippen LogP contribution in [0.5, 0.6) is 5.75 Å². The Balaban J connectivity index is 1.46. The van der Waals surface area contributed by atoms with E-state index in [9.17, 15) is 4.79 Å². The first-order valence-electron chi connectivity index (χ1n) is 8.85. The van der Waals surface area contributed by atoms with Crippen LogP contribution in [0.25, 0.3) is 0 Å². The number of amides is 1. The number of hydrogen-bond acceptors (Lipinski definition) is 6. The van der Waals surface area contributed by atoms with Gasteiger partial charge in [0.25, 0.3) is 5.91 Å². The number of morpholine rings is 1. The molecule has 1 amide bonds. The maximum atomic E-state index is 12.4. The SMILES string of the molecule is Cc1nc(COc2ccc(C(=O)NC(C)CN3CCOCC3)cc2)cs1. The lowest BCUT2D eigenvalue weighted by molar-refractivity contribution is 0.0342. The number of aryl methyl sites for hydroxylation is 1. The number of carbonyl (C=O) groups is 1. The van der Waals surface area contributed by atoms with E-state index in [1.165, 1.54) is 0 Å². The van der Waals surface area contributed by atoms with Crippen LogP contribution < -0.4 is 10.1 Å². The molecule has 1 aliphatic rings. The predicted octanol–water partition coefficient (Wildman–Crippen LogP) is 2.48. The highest BCUT2D eigenvalue weighted by Crippen LogP contribution is 2.15. The fourth-order valence-corrected chi connectivity index (χ4v) is 3.46. The molecule has 1 aromatic carbocycles. The van der Waals surface area contributed by atoms with Gasteiger partial charge >= 0.3 is 0 Å². The van der Waals surface area contributed by atoms with Crippen molar-refractivity contribution in [3.05, 3.63) is 45.9 Å². The van der Waals surface area contributed by atoms with Gasteiger partial charge in [-0.15, -0.1) is 11.3 Å². The third kappa shape index (κ3) is 5.52. The quantitative estimate of drug-likeness (QED) is 0.806. The standard InChI is InChI=1S/C19H25N3O3S/c1-14(11-22-7-9-24-10-8-22)20-19(23)16-3-5-18(6-4-16)25-12-17-13-26-15(2)21-17/h3-6,13-14H,7-12H2,1-2H3,(H,20,23). The summed E-state index contributed by atoms with van der Waals surface area (Å²) in [6.45, 7) is 8.65. The number of ether oxygens (including phenoxy) is 2. The summed E-state index contributed by atoms with van der Waals surface area (Å²) in [7, 11) is 0. The van der Waals surface area contributed by atoms with Crippen LogP contribution in [0.1, 0.15) is 28.0 Å². The normalized spacial score (nSPS) is 16.2. The Labute approximate surface area is 158 Å². The van der Waals surface area contributed by atoms with E-state index in [0.717, 1.165) is 49.3 Å². The molecule has 140 valence electrons. The van der Waals surface area contributed by atoms with Gasteiger partial charge in [0.1, 0.15) is 12.4 Å². The first-order valence-corrected chi connectivity index (χ1v) is 9.73. The minimum atomic E-state index is -0.0626. The molecule has 1 unspecified atom stereocenters. The molecular formula is C19H25N3O3S. The summed E-state index contributed by atoms with van der Waals surface area (Å²) in [6, 6.07) is 7.31. The molecule has 1 atom stereocenters. The number of hydrogen-bond donors (Lipinski definition) is 1. The van der Waals surface area contributed by atoms with Gasteiger partial charge in [0.05, 0.1) is 23.9 Å². The van der Waals surface area contributed by atoms with Crippen molar-refractivity contribution in [1.29, 1.82) is 0 Å². The number of nitrogens with zero attached hydrogens (tertiary/aromatic N) is 2. The van der Waals surface area contributed by atoms with E-state index in [1.807, 2.05) is 31.4 Å². The highest BCUT2D eigenvalue weighted by molar-refractivity contribution is 7.09. The molecule has 0 bridgehead atoms. The van der Waals surface area contributed by atoms with Crippen molar-refractivity contribution in [2.24, 2.45) is 0 Å². The van der Waals surface area contributed by atoms with Gasteiger partial charge in [-0.3, -0.25) is 9.69 Å². The average Bonchev–Trinajstić information content (AvgIpc) is 3.06. The Bertz CT molecular complexity index is 711. The molecule has 1 fully saturated rings. The van der Waals surface area contributed by atoms with E-state index in [-0.39, 0.29) is 11.9 Å². The summed E-state index contributed by atoms with van der Waals surface area (Å²) in [5, 5.41) is 6.08. The van der Waals surface area contributed by atoms with E-state index in [1.54, 1.807) is 23.5 Å². The van der Waals surface area contributed by atoms with Gasteiger partial charge in [-0.05, 0) is 38.1 Å². The fourth-order valence-electron chi connectivity index (χ4n) is 2.86. The molecule has 2 heterocycles. The lowest BCUT2D eigenvalue weighted by Crippen LogP contribution is -2.46. The van der Waals surface area contributed by atoms with Crippen molar-refractivity contribution in [2.45, 2.75) is 26.5 Å². The molecule has 1 aromatic heterocycles. The molecule has 0 radical (unpaired) electrons. The number of nitrogens with one attached hydrogen (secondary N) is 1. The number of rotatable bonds is 7. The molecule has 1 saturated heterocycles. The van der Waals surface area contributed by atoms with Gasteiger partial charge in [0, 0.05) is 36.6 Å². The molecule has 1 aliphatic heterocycles. The maximum Gasteiger partial charge on any atom is 0.251 e. The van der Waals surface area contributed by atoms with E-state index in [4.69, 9.17) is 9.47 Å². The largest absolute Gasteiger partial charge is 0.487 e. The van der Waals surface area contributed by atoms with Crippen LogP contribution in [0.2, 0.25) is 0 Å². The van der Waals surface area contributed by atoms with Gasteiger partial charge in [0.15, 0.2) is 0 Å². The van der Waals surface area contributed by atoms with Crippen molar-refractivity contribution in [3.8, 4) is 5.75 Å². The van der Waals surface area contributed by atoms with Crippen molar-refractivity contribution in [3.63, 3.8) is 0 Å². The van der Waals surface area contributed by atoms with Crippen LogP contribution in [-0.4, -0.2) is 54.7 Å². The van der Waals surface area contributed by atoms with Crippen molar-refractivity contribution in [1.82, 2.24) is 15.2 Å². The van der Waals surface area contributed by atoms with Gasteiger partial charge < -0.3 is 14.8 Å². The monoisotopic (exact) mass is 375 g/mol. The van der Waals surface area contributed by atoms with Crippen LogP contribution >= 0.6 is 11.3 Å². The lowest BCUT2D eigenvalue weighted by atomic mass is 10.2.